The highest BCUT2D eigenvalue weighted by atomic mass is 19.2. The van der Waals surface area contributed by atoms with Crippen LogP contribution in [0.2, 0.25) is 0 Å². The molecule has 1 heterocycles. The zero-order chi connectivity index (χ0) is 15.0. The molecule has 1 saturated heterocycles. The minimum Gasteiger partial charge on any atom is -0.394 e. The number of amides is 1. The average molecular weight is 291 g/mol. The quantitative estimate of drug-likeness (QED) is 0.515. The molecule has 0 aromatic heterocycles. The van der Waals surface area contributed by atoms with Crippen LogP contribution in [-0.2, 0) is 0 Å². The van der Waals surface area contributed by atoms with Crippen LogP contribution in [0.4, 0.5) is 17.6 Å². The first kappa shape index (κ1) is 14.8. The van der Waals surface area contributed by atoms with E-state index in [0.29, 0.717) is 12.5 Å². The van der Waals surface area contributed by atoms with Gasteiger partial charge < -0.3 is 10.0 Å². The molecule has 1 aromatic carbocycles. The number of carbonyl (C=O) groups is 1. The number of aliphatic hydroxyl groups is 1. The standard InChI is InChI=1S/C13H13F4NO2/c1-6-2-3-18(9(6)5-19)13(20)7-4-8(14)11(16)12(17)10(7)15/h4,6,9,19H,2-3,5H2,1H3. The predicted molar refractivity (Wildman–Crippen MR) is 62.0 cm³/mol. The van der Waals surface area contributed by atoms with Crippen molar-refractivity contribution < 1.29 is 27.5 Å². The molecule has 2 atom stereocenters. The summed E-state index contributed by atoms with van der Waals surface area (Å²) < 4.78 is 52.7. The van der Waals surface area contributed by atoms with Crippen LogP contribution in [0.3, 0.4) is 0 Å². The second-order valence-corrected chi connectivity index (χ2v) is 4.86. The van der Waals surface area contributed by atoms with Crippen LogP contribution < -0.4 is 0 Å². The van der Waals surface area contributed by atoms with Gasteiger partial charge in [0, 0.05) is 6.54 Å². The fraction of sp³-hybridized carbons (Fsp3) is 0.462. The minimum atomic E-state index is -2.01. The molecular weight excluding hydrogens is 278 g/mol. The number of hydrogen-bond acceptors (Lipinski definition) is 2. The first-order valence-corrected chi connectivity index (χ1v) is 6.13. The summed E-state index contributed by atoms with van der Waals surface area (Å²) in [7, 11) is 0. The molecule has 1 aromatic rings. The molecule has 1 fully saturated rings. The Morgan fingerprint density at radius 1 is 1.30 bits per heavy atom. The number of aliphatic hydroxyl groups excluding tert-OH is 1. The lowest BCUT2D eigenvalue weighted by Crippen LogP contribution is -2.40. The summed E-state index contributed by atoms with van der Waals surface area (Å²) in [6, 6.07) is -0.203. The Morgan fingerprint density at radius 3 is 2.55 bits per heavy atom. The first-order chi connectivity index (χ1) is 9.38. The van der Waals surface area contributed by atoms with Gasteiger partial charge in [-0.3, -0.25) is 4.79 Å². The van der Waals surface area contributed by atoms with E-state index in [0.717, 1.165) is 4.90 Å². The third-order valence-electron chi connectivity index (χ3n) is 3.66. The largest absolute Gasteiger partial charge is 0.394 e. The number of likely N-dealkylation sites (tertiary alicyclic amines) is 1. The van der Waals surface area contributed by atoms with Crippen molar-refractivity contribution in [2.75, 3.05) is 13.2 Å². The smallest absolute Gasteiger partial charge is 0.257 e. The van der Waals surface area contributed by atoms with Gasteiger partial charge in [-0.15, -0.1) is 0 Å². The van der Waals surface area contributed by atoms with Crippen LogP contribution in [0.1, 0.15) is 23.7 Å². The SMILES string of the molecule is CC1CCN(C(=O)c2cc(F)c(F)c(F)c2F)C1CO. The number of halogens is 4. The molecule has 1 amide bonds. The summed E-state index contributed by atoms with van der Waals surface area (Å²) in [5.41, 5.74) is -0.867. The van der Waals surface area contributed by atoms with Crippen molar-refractivity contribution in [3.63, 3.8) is 0 Å². The van der Waals surface area contributed by atoms with E-state index in [4.69, 9.17) is 0 Å². The lowest BCUT2D eigenvalue weighted by molar-refractivity contribution is 0.0641. The third-order valence-corrected chi connectivity index (χ3v) is 3.66. The maximum atomic E-state index is 13.6. The summed E-state index contributed by atoms with van der Waals surface area (Å²) in [5, 5.41) is 9.23. The highest BCUT2D eigenvalue weighted by Crippen LogP contribution is 2.27. The van der Waals surface area contributed by atoms with Crippen molar-refractivity contribution in [1.29, 1.82) is 0 Å². The van der Waals surface area contributed by atoms with E-state index in [1.165, 1.54) is 0 Å². The number of rotatable bonds is 2. The Balaban J connectivity index is 2.40. The summed E-state index contributed by atoms with van der Waals surface area (Å²) in [5.74, 6) is -8.27. The maximum absolute atomic E-state index is 13.6. The molecule has 1 N–H and O–H groups in total. The lowest BCUT2D eigenvalue weighted by atomic mass is 10.0. The molecule has 0 spiro atoms. The average Bonchev–Trinajstić information content (AvgIpc) is 2.80. The molecule has 2 unspecified atom stereocenters. The molecular formula is C13H13F4NO2. The Labute approximate surface area is 112 Å². The van der Waals surface area contributed by atoms with Gasteiger partial charge in [0.15, 0.2) is 23.3 Å². The first-order valence-electron chi connectivity index (χ1n) is 6.13. The van der Waals surface area contributed by atoms with Gasteiger partial charge in [-0.2, -0.15) is 0 Å². The molecule has 1 aliphatic rings. The van der Waals surface area contributed by atoms with Gasteiger partial charge in [-0.25, -0.2) is 17.6 Å². The van der Waals surface area contributed by atoms with Gasteiger partial charge in [0.05, 0.1) is 18.2 Å². The summed E-state index contributed by atoms with van der Waals surface area (Å²) in [4.78, 5) is 13.3. The van der Waals surface area contributed by atoms with Gasteiger partial charge in [0.1, 0.15) is 0 Å². The molecule has 0 bridgehead atoms. The molecule has 1 aliphatic heterocycles. The van der Waals surface area contributed by atoms with Gasteiger partial charge in [-0.05, 0) is 18.4 Å². The van der Waals surface area contributed by atoms with Crippen LogP contribution in [-0.4, -0.2) is 35.1 Å². The van der Waals surface area contributed by atoms with Crippen LogP contribution in [0.15, 0.2) is 6.07 Å². The van der Waals surface area contributed by atoms with Crippen molar-refractivity contribution >= 4 is 5.91 Å². The Hall–Kier alpha value is -1.63. The third kappa shape index (κ3) is 2.26. The van der Waals surface area contributed by atoms with Crippen LogP contribution in [0.25, 0.3) is 0 Å². The maximum Gasteiger partial charge on any atom is 0.257 e. The molecule has 110 valence electrons. The Morgan fingerprint density at radius 2 is 1.95 bits per heavy atom. The van der Waals surface area contributed by atoms with Crippen LogP contribution in [0, 0.1) is 29.2 Å². The van der Waals surface area contributed by atoms with Crippen molar-refractivity contribution in [1.82, 2.24) is 4.90 Å². The molecule has 0 radical (unpaired) electrons. The molecule has 7 heteroatoms. The van der Waals surface area contributed by atoms with E-state index in [1.807, 2.05) is 0 Å². The minimum absolute atomic E-state index is 0.0119. The van der Waals surface area contributed by atoms with Gasteiger partial charge in [0.2, 0.25) is 0 Å². The number of hydrogen-bond donors (Lipinski definition) is 1. The predicted octanol–water partition coefficient (Wildman–Crippen LogP) is 2.09. The topological polar surface area (TPSA) is 40.5 Å². The van der Waals surface area contributed by atoms with E-state index in [9.17, 15) is 27.5 Å². The monoisotopic (exact) mass is 291 g/mol. The van der Waals surface area contributed by atoms with Crippen molar-refractivity contribution in [3.05, 3.63) is 34.9 Å². The summed E-state index contributed by atoms with van der Waals surface area (Å²) in [6.07, 6.45) is 0.588. The fourth-order valence-corrected chi connectivity index (χ4v) is 2.42. The second kappa shape index (κ2) is 5.40. The molecule has 0 aliphatic carbocycles. The van der Waals surface area contributed by atoms with E-state index >= 15 is 0 Å². The van der Waals surface area contributed by atoms with E-state index in [1.54, 1.807) is 6.92 Å². The molecule has 20 heavy (non-hydrogen) atoms. The van der Waals surface area contributed by atoms with Crippen LogP contribution >= 0.6 is 0 Å². The van der Waals surface area contributed by atoms with Crippen molar-refractivity contribution in [2.24, 2.45) is 5.92 Å². The van der Waals surface area contributed by atoms with Gasteiger partial charge in [0.25, 0.3) is 5.91 Å². The fourth-order valence-electron chi connectivity index (χ4n) is 2.42. The molecule has 0 saturated carbocycles. The zero-order valence-electron chi connectivity index (χ0n) is 10.7. The van der Waals surface area contributed by atoms with Crippen LogP contribution in [0.5, 0.6) is 0 Å². The van der Waals surface area contributed by atoms with E-state index in [-0.39, 0.29) is 19.1 Å². The van der Waals surface area contributed by atoms with Gasteiger partial charge >= 0.3 is 0 Å². The van der Waals surface area contributed by atoms with Crippen molar-refractivity contribution in [3.8, 4) is 0 Å². The second-order valence-electron chi connectivity index (χ2n) is 4.86. The number of benzene rings is 1. The van der Waals surface area contributed by atoms with Gasteiger partial charge in [-0.1, -0.05) is 6.92 Å². The highest BCUT2D eigenvalue weighted by molar-refractivity contribution is 5.95. The zero-order valence-corrected chi connectivity index (χ0v) is 10.7. The summed E-state index contributed by atoms with van der Waals surface area (Å²) in [6.45, 7) is 1.71. The summed E-state index contributed by atoms with van der Waals surface area (Å²) >= 11 is 0. The van der Waals surface area contributed by atoms with E-state index in [2.05, 4.69) is 0 Å². The number of nitrogens with zero attached hydrogens (tertiary/aromatic N) is 1. The molecule has 3 nitrogen and oxygen atoms in total. The highest BCUT2D eigenvalue weighted by Gasteiger charge is 2.36. The van der Waals surface area contributed by atoms with Crippen molar-refractivity contribution in [2.45, 2.75) is 19.4 Å². The Bertz CT molecular complexity index is 550. The van der Waals surface area contributed by atoms with E-state index < -0.39 is 40.8 Å². The number of carbonyl (C=O) groups excluding carboxylic acids is 1. The lowest BCUT2D eigenvalue weighted by Gasteiger charge is -2.25. The molecule has 2 rings (SSSR count). The Kier molecular flexibility index (Phi) is 3.99. The normalized spacial score (nSPS) is 22.4.